The average molecular weight is 441 g/mol. The lowest BCUT2D eigenvalue weighted by molar-refractivity contribution is -0.155. The van der Waals surface area contributed by atoms with Gasteiger partial charge in [-0.05, 0) is 89.8 Å². The minimum absolute atomic E-state index is 0.0647. The molecule has 3 aliphatic rings. The van der Waals surface area contributed by atoms with Crippen molar-refractivity contribution in [2.75, 3.05) is 19.6 Å². The molecular weight excluding hydrogens is 396 g/mol. The zero-order chi connectivity index (χ0) is 23.0. The second kappa shape index (κ2) is 11.5. The van der Waals surface area contributed by atoms with Gasteiger partial charge in [0.1, 0.15) is 5.60 Å². The predicted molar refractivity (Wildman–Crippen MR) is 134 cm³/mol. The van der Waals surface area contributed by atoms with Crippen LogP contribution in [-0.4, -0.2) is 48.2 Å². The highest BCUT2D eigenvalue weighted by Crippen LogP contribution is 2.49. The fraction of sp³-hybridized carbons (Fsp3) is 0.679. The van der Waals surface area contributed by atoms with Crippen LogP contribution < -0.4 is 5.32 Å². The van der Waals surface area contributed by atoms with Crippen LogP contribution in [0.4, 0.5) is 0 Å². The van der Waals surface area contributed by atoms with Gasteiger partial charge in [-0.1, -0.05) is 49.4 Å². The van der Waals surface area contributed by atoms with Crippen molar-refractivity contribution in [2.24, 2.45) is 5.41 Å². The third-order valence-electron chi connectivity index (χ3n) is 6.72. The number of hydrogen-bond acceptors (Lipinski definition) is 4. The fourth-order valence-corrected chi connectivity index (χ4v) is 4.81. The zero-order valence-electron chi connectivity index (χ0n) is 20.7. The van der Waals surface area contributed by atoms with Crippen molar-refractivity contribution < 1.29 is 9.53 Å². The van der Waals surface area contributed by atoms with E-state index in [-0.39, 0.29) is 11.6 Å². The van der Waals surface area contributed by atoms with Gasteiger partial charge in [0.2, 0.25) is 0 Å². The van der Waals surface area contributed by atoms with Gasteiger partial charge in [0.25, 0.3) is 0 Å². The van der Waals surface area contributed by atoms with Crippen LogP contribution in [0.15, 0.2) is 36.4 Å². The molecule has 4 heteroatoms. The van der Waals surface area contributed by atoms with Crippen LogP contribution in [0, 0.1) is 5.41 Å². The minimum atomic E-state index is -0.363. The van der Waals surface area contributed by atoms with Gasteiger partial charge < -0.3 is 15.0 Å². The van der Waals surface area contributed by atoms with Crippen molar-refractivity contribution >= 4 is 12.0 Å². The largest absolute Gasteiger partial charge is 0.460 e. The van der Waals surface area contributed by atoms with Gasteiger partial charge in [0.05, 0.1) is 6.42 Å². The second-order valence-corrected chi connectivity index (χ2v) is 10.9. The number of allylic oxidation sites excluding steroid dienone is 1. The van der Waals surface area contributed by atoms with Crippen LogP contribution in [0.25, 0.3) is 6.08 Å². The zero-order valence-corrected chi connectivity index (χ0v) is 20.7. The van der Waals surface area contributed by atoms with E-state index in [2.05, 4.69) is 53.6 Å². The summed E-state index contributed by atoms with van der Waals surface area (Å²) >= 11 is 0. The van der Waals surface area contributed by atoms with Crippen molar-refractivity contribution in [3.05, 3.63) is 42.0 Å². The molecule has 1 saturated heterocycles. The first-order valence-corrected chi connectivity index (χ1v) is 12.7. The lowest BCUT2D eigenvalue weighted by atomic mass is 9.60. The SMILES string of the molecule is CC(C)(C)OC(=O)CCN1CCC2(CC1)CC(NC1CC1)C2.CC/C=C\c1ccccc1. The number of likely N-dealkylation sites (tertiary alicyclic amines) is 1. The Balaban J connectivity index is 0.000000243. The van der Waals surface area contributed by atoms with Gasteiger partial charge in [-0.2, -0.15) is 0 Å². The molecule has 32 heavy (non-hydrogen) atoms. The van der Waals surface area contributed by atoms with Crippen LogP contribution in [0.2, 0.25) is 0 Å². The highest BCUT2D eigenvalue weighted by molar-refractivity contribution is 5.70. The Hall–Kier alpha value is -1.65. The van der Waals surface area contributed by atoms with Crippen LogP contribution in [-0.2, 0) is 9.53 Å². The van der Waals surface area contributed by atoms with Gasteiger partial charge >= 0.3 is 5.97 Å². The molecular formula is C28H44N2O2. The molecule has 0 radical (unpaired) electrons. The Morgan fingerprint density at radius 2 is 1.78 bits per heavy atom. The molecule has 2 saturated carbocycles. The van der Waals surface area contributed by atoms with E-state index in [4.69, 9.17) is 4.74 Å². The molecule has 4 nitrogen and oxygen atoms in total. The Bertz CT molecular complexity index is 718. The monoisotopic (exact) mass is 440 g/mol. The maximum atomic E-state index is 11.8. The summed E-state index contributed by atoms with van der Waals surface area (Å²) in [5.74, 6) is -0.0647. The smallest absolute Gasteiger partial charge is 0.307 e. The first-order chi connectivity index (χ1) is 15.3. The van der Waals surface area contributed by atoms with Crippen LogP contribution in [0.1, 0.15) is 84.6 Å². The molecule has 3 fully saturated rings. The molecule has 0 atom stereocenters. The van der Waals surface area contributed by atoms with Crippen LogP contribution in [0.5, 0.6) is 0 Å². The summed E-state index contributed by atoms with van der Waals surface area (Å²) in [4.78, 5) is 14.2. The number of benzene rings is 1. The summed E-state index contributed by atoms with van der Waals surface area (Å²) in [5.41, 5.74) is 1.54. The molecule has 1 aliphatic heterocycles. The number of piperidine rings is 1. The van der Waals surface area contributed by atoms with Crippen LogP contribution >= 0.6 is 0 Å². The average Bonchev–Trinajstić information content (AvgIpc) is 3.55. The van der Waals surface area contributed by atoms with E-state index in [1.54, 1.807) is 0 Å². The molecule has 1 aromatic carbocycles. The van der Waals surface area contributed by atoms with Crippen molar-refractivity contribution in [1.82, 2.24) is 10.2 Å². The fourth-order valence-electron chi connectivity index (χ4n) is 4.81. The van der Waals surface area contributed by atoms with E-state index in [1.165, 1.54) is 44.1 Å². The van der Waals surface area contributed by atoms with E-state index in [9.17, 15) is 4.79 Å². The van der Waals surface area contributed by atoms with E-state index < -0.39 is 0 Å². The van der Waals surface area contributed by atoms with Gasteiger partial charge in [-0.3, -0.25) is 4.79 Å². The molecule has 1 spiro atoms. The molecule has 0 aromatic heterocycles. The maximum absolute atomic E-state index is 11.8. The highest BCUT2D eigenvalue weighted by atomic mass is 16.6. The lowest BCUT2D eigenvalue weighted by Crippen LogP contribution is -2.54. The quantitative estimate of drug-likeness (QED) is 0.542. The first kappa shape index (κ1) is 25.0. The highest BCUT2D eigenvalue weighted by Gasteiger charge is 2.46. The molecule has 1 aromatic rings. The Labute approximate surface area is 195 Å². The standard InChI is InChI=1S/C18H32N2O2.C10H12/c1-17(2,3)22-16(21)6-9-20-10-7-18(8-11-20)12-15(13-18)19-14-4-5-14;1-2-3-7-10-8-5-4-6-9-10/h14-15,19H,4-13H2,1-3H3;3-9H,2H2,1H3/b;7-3-. The molecule has 178 valence electrons. The Morgan fingerprint density at radius 1 is 1.12 bits per heavy atom. The second-order valence-electron chi connectivity index (χ2n) is 10.9. The first-order valence-electron chi connectivity index (χ1n) is 12.7. The number of hydrogen-bond donors (Lipinski definition) is 1. The number of ether oxygens (including phenoxy) is 1. The number of rotatable bonds is 7. The van der Waals surface area contributed by atoms with Gasteiger partial charge in [-0.25, -0.2) is 0 Å². The minimum Gasteiger partial charge on any atom is -0.460 e. The normalized spacial score (nSPS) is 21.1. The summed E-state index contributed by atoms with van der Waals surface area (Å²) < 4.78 is 5.39. The van der Waals surface area contributed by atoms with E-state index in [0.717, 1.165) is 38.1 Å². The lowest BCUT2D eigenvalue weighted by Gasteiger charge is -2.52. The maximum Gasteiger partial charge on any atom is 0.307 e. The molecule has 0 unspecified atom stereocenters. The summed E-state index contributed by atoms with van der Waals surface area (Å²) in [7, 11) is 0. The molecule has 1 heterocycles. The summed E-state index contributed by atoms with van der Waals surface area (Å²) in [6, 6.07) is 12.0. The van der Waals surface area contributed by atoms with Crippen molar-refractivity contribution in [3.63, 3.8) is 0 Å². The number of nitrogens with zero attached hydrogens (tertiary/aromatic N) is 1. The predicted octanol–water partition coefficient (Wildman–Crippen LogP) is 5.82. The number of nitrogens with one attached hydrogen (secondary N) is 1. The van der Waals surface area contributed by atoms with Gasteiger partial charge in [0.15, 0.2) is 0 Å². The van der Waals surface area contributed by atoms with Crippen molar-refractivity contribution in [2.45, 2.75) is 96.7 Å². The number of carbonyl (C=O) groups is 1. The van der Waals surface area contributed by atoms with Gasteiger partial charge in [-0.15, -0.1) is 0 Å². The van der Waals surface area contributed by atoms with Crippen molar-refractivity contribution in [1.29, 1.82) is 0 Å². The molecule has 2 aliphatic carbocycles. The van der Waals surface area contributed by atoms with Crippen LogP contribution in [0.3, 0.4) is 0 Å². The Morgan fingerprint density at radius 3 is 2.34 bits per heavy atom. The number of carbonyl (C=O) groups excluding carboxylic acids is 1. The molecule has 4 rings (SSSR count). The summed E-state index contributed by atoms with van der Waals surface area (Å²) in [5, 5.41) is 3.76. The molecule has 1 N–H and O–H groups in total. The van der Waals surface area contributed by atoms with E-state index >= 15 is 0 Å². The number of esters is 1. The van der Waals surface area contributed by atoms with E-state index in [1.807, 2.05) is 26.8 Å². The third-order valence-corrected chi connectivity index (χ3v) is 6.72. The summed E-state index contributed by atoms with van der Waals surface area (Å²) in [6.45, 7) is 11.1. The molecule has 0 bridgehead atoms. The van der Waals surface area contributed by atoms with E-state index in [0.29, 0.717) is 11.8 Å². The van der Waals surface area contributed by atoms with Crippen molar-refractivity contribution in [3.8, 4) is 0 Å². The Kier molecular flexibility index (Phi) is 8.95. The third kappa shape index (κ3) is 8.71. The molecule has 0 amide bonds. The summed E-state index contributed by atoms with van der Waals surface area (Å²) in [6.07, 6.45) is 14.1. The van der Waals surface area contributed by atoms with Gasteiger partial charge in [0, 0.05) is 18.6 Å². The topological polar surface area (TPSA) is 41.6 Å².